The fourth-order valence-electron chi connectivity index (χ4n) is 0.813. The molecule has 4 nitrogen and oxygen atoms in total. The van der Waals surface area contributed by atoms with Gasteiger partial charge in [0.2, 0.25) is 0 Å². The number of carbonyl (C=O) groups excluding carboxylic acids is 1. The lowest BCUT2D eigenvalue weighted by Gasteiger charge is -1.99. The van der Waals surface area contributed by atoms with Crippen molar-refractivity contribution in [1.82, 2.24) is 0 Å². The summed E-state index contributed by atoms with van der Waals surface area (Å²) in [7, 11) is 0. The lowest BCUT2D eigenvalue weighted by molar-refractivity contribution is 0.112. The third-order valence-corrected chi connectivity index (χ3v) is 1.27. The van der Waals surface area contributed by atoms with Gasteiger partial charge in [0.25, 0.3) is 0 Å². The predicted molar refractivity (Wildman–Crippen MR) is 43.5 cm³/mol. The molecular weight excluding hydrogens is 158 g/mol. The van der Waals surface area contributed by atoms with Gasteiger partial charge in [-0.1, -0.05) is 12.1 Å². The number of anilines is 1. The Labute approximate surface area is 68.8 Å². The molecule has 0 aliphatic carbocycles. The third-order valence-electron chi connectivity index (χ3n) is 1.27. The van der Waals surface area contributed by atoms with Gasteiger partial charge in [-0.2, -0.15) is 0 Å². The largest absolute Gasteiger partial charge is 0.465 e. The van der Waals surface area contributed by atoms with E-state index in [1.54, 1.807) is 18.2 Å². The van der Waals surface area contributed by atoms with Crippen molar-refractivity contribution in [2.75, 3.05) is 5.32 Å². The van der Waals surface area contributed by atoms with Crippen LogP contribution in [0, 0.1) is 0 Å². The van der Waals surface area contributed by atoms with Gasteiger partial charge in [0.05, 0.1) is 0 Å². The molecular formula is C8H7NO3. The molecule has 1 aromatic carbocycles. The Bertz CT molecular complexity index is 309. The van der Waals surface area contributed by atoms with Crippen LogP contribution in [0.3, 0.4) is 0 Å². The van der Waals surface area contributed by atoms with Crippen molar-refractivity contribution in [1.29, 1.82) is 0 Å². The van der Waals surface area contributed by atoms with E-state index in [0.29, 0.717) is 17.5 Å². The topological polar surface area (TPSA) is 66.4 Å². The van der Waals surface area contributed by atoms with Crippen LogP contribution in [0.2, 0.25) is 0 Å². The quantitative estimate of drug-likeness (QED) is 0.654. The van der Waals surface area contributed by atoms with E-state index in [2.05, 4.69) is 5.32 Å². The summed E-state index contributed by atoms with van der Waals surface area (Å²) in [4.78, 5) is 20.4. The molecule has 0 unspecified atom stereocenters. The molecule has 0 aromatic heterocycles. The van der Waals surface area contributed by atoms with Gasteiger partial charge in [-0.3, -0.25) is 10.1 Å². The summed E-state index contributed by atoms with van der Waals surface area (Å²) in [6, 6.07) is 6.23. The average Bonchev–Trinajstić information content (AvgIpc) is 2.03. The standard InChI is InChI=1S/C8H7NO3/c10-5-6-2-1-3-7(4-6)9-8(11)12/h1-5,9H,(H,11,12). The zero-order chi connectivity index (χ0) is 8.97. The monoisotopic (exact) mass is 165 g/mol. The van der Waals surface area contributed by atoms with Crippen LogP contribution < -0.4 is 5.32 Å². The van der Waals surface area contributed by atoms with Crippen molar-refractivity contribution < 1.29 is 14.7 Å². The molecule has 0 fully saturated rings. The van der Waals surface area contributed by atoms with Crippen molar-refractivity contribution in [2.45, 2.75) is 0 Å². The minimum Gasteiger partial charge on any atom is -0.465 e. The number of benzene rings is 1. The summed E-state index contributed by atoms with van der Waals surface area (Å²) >= 11 is 0. The van der Waals surface area contributed by atoms with Gasteiger partial charge in [-0.15, -0.1) is 0 Å². The van der Waals surface area contributed by atoms with Crippen LogP contribution in [0.4, 0.5) is 10.5 Å². The second-order valence-electron chi connectivity index (χ2n) is 2.17. The number of rotatable bonds is 2. The first kappa shape index (κ1) is 8.26. The van der Waals surface area contributed by atoms with E-state index in [9.17, 15) is 9.59 Å². The van der Waals surface area contributed by atoms with Gasteiger partial charge >= 0.3 is 6.09 Å². The Balaban J connectivity index is 2.86. The van der Waals surface area contributed by atoms with Crippen LogP contribution in [-0.2, 0) is 0 Å². The number of carbonyl (C=O) groups is 2. The molecule has 0 bridgehead atoms. The van der Waals surface area contributed by atoms with Crippen LogP contribution in [-0.4, -0.2) is 17.5 Å². The Morgan fingerprint density at radius 1 is 1.50 bits per heavy atom. The van der Waals surface area contributed by atoms with E-state index in [4.69, 9.17) is 5.11 Å². The van der Waals surface area contributed by atoms with E-state index in [1.807, 2.05) is 0 Å². The molecule has 1 aromatic rings. The fourth-order valence-corrected chi connectivity index (χ4v) is 0.813. The van der Waals surface area contributed by atoms with Crippen molar-refractivity contribution in [3.63, 3.8) is 0 Å². The zero-order valence-electron chi connectivity index (χ0n) is 6.15. The maximum atomic E-state index is 10.3. The first-order valence-electron chi connectivity index (χ1n) is 3.27. The van der Waals surface area contributed by atoms with Crippen LogP contribution in [0.25, 0.3) is 0 Å². The number of nitrogens with one attached hydrogen (secondary N) is 1. The summed E-state index contributed by atoms with van der Waals surface area (Å²) in [5, 5.41) is 10.5. The van der Waals surface area contributed by atoms with E-state index in [0.717, 1.165) is 0 Å². The maximum absolute atomic E-state index is 10.3. The Hall–Kier alpha value is -1.84. The summed E-state index contributed by atoms with van der Waals surface area (Å²) in [5.41, 5.74) is 0.841. The minimum atomic E-state index is -1.14. The Morgan fingerprint density at radius 2 is 2.25 bits per heavy atom. The summed E-state index contributed by atoms with van der Waals surface area (Å²) in [6.07, 6.45) is -0.481. The number of aldehydes is 1. The molecule has 0 heterocycles. The molecule has 1 amide bonds. The number of hydrogen-bond donors (Lipinski definition) is 2. The molecule has 12 heavy (non-hydrogen) atoms. The highest BCUT2D eigenvalue weighted by Gasteiger charge is 1.97. The van der Waals surface area contributed by atoms with E-state index in [1.165, 1.54) is 6.07 Å². The highest BCUT2D eigenvalue weighted by molar-refractivity contribution is 5.85. The first-order chi connectivity index (χ1) is 5.72. The molecule has 2 N–H and O–H groups in total. The third kappa shape index (κ3) is 2.09. The Morgan fingerprint density at radius 3 is 2.83 bits per heavy atom. The van der Waals surface area contributed by atoms with Crippen LogP contribution in [0.5, 0.6) is 0 Å². The van der Waals surface area contributed by atoms with Gasteiger partial charge in [0.1, 0.15) is 6.29 Å². The molecule has 0 aliphatic rings. The van der Waals surface area contributed by atoms with Crippen molar-refractivity contribution in [2.24, 2.45) is 0 Å². The molecule has 62 valence electrons. The van der Waals surface area contributed by atoms with Crippen molar-refractivity contribution >= 4 is 18.1 Å². The maximum Gasteiger partial charge on any atom is 0.409 e. The molecule has 0 atom stereocenters. The molecule has 0 aliphatic heterocycles. The predicted octanol–water partition coefficient (Wildman–Crippen LogP) is 1.59. The van der Waals surface area contributed by atoms with Crippen molar-refractivity contribution in [3.8, 4) is 0 Å². The van der Waals surface area contributed by atoms with E-state index in [-0.39, 0.29) is 0 Å². The molecule has 0 radical (unpaired) electrons. The second kappa shape index (κ2) is 3.52. The lowest BCUT2D eigenvalue weighted by atomic mass is 10.2. The lowest BCUT2D eigenvalue weighted by Crippen LogP contribution is -2.07. The average molecular weight is 165 g/mol. The Kier molecular flexibility index (Phi) is 2.42. The highest BCUT2D eigenvalue weighted by atomic mass is 16.4. The fraction of sp³-hybridized carbons (Fsp3) is 0. The highest BCUT2D eigenvalue weighted by Crippen LogP contribution is 2.08. The van der Waals surface area contributed by atoms with Crippen LogP contribution >= 0.6 is 0 Å². The summed E-state index contributed by atoms with van der Waals surface area (Å²) in [5.74, 6) is 0. The van der Waals surface area contributed by atoms with E-state index >= 15 is 0 Å². The zero-order valence-corrected chi connectivity index (χ0v) is 6.15. The second-order valence-corrected chi connectivity index (χ2v) is 2.17. The van der Waals surface area contributed by atoms with Gasteiger partial charge < -0.3 is 5.11 Å². The number of amides is 1. The van der Waals surface area contributed by atoms with Gasteiger partial charge in [0.15, 0.2) is 0 Å². The SMILES string of the molecule is O=Cc1cccc(NC(=O)O)c1. The smallest absolute Gasteiger partial charge is 0.409 e. The van der Waals surface area contributed by atoms with Crippen LogP contribution in [0.1, 0.15) is 10.4 Å². The van der Waals surface area contributed by atoms with Gasteiger partial charge in [0, 0.05) is 11.3 Å². The molecule has 0 saturated carbocycles. The first-order valence-corrected chi connectivity index (χ1v) is 3.27. The molecule has 1 rings (SSSR count). The van der Waals surface area contributed by atoms with Gasteiger partial charge in [-0.05, 0) is 12.1 Å². The number of carboxylic acid groups (broad SMARTS) is 1. The minimum absolute atomic E-state index is 0.395. The molecule has 0 spiro atoms. The van der Waals surface area contributed by atoms with E-state index < -0.39 is 6.09 Å². The summed E-state index contributed by atoms with van der Waals surface area (Å²) in [6.45, 7) is 0. The van der Waals surface area contributed by atoms with Crippen LogP contribution in [0.15, 0.2) is 24.3 Å². The normalized spacial score (nSPS) is 9.00. The van der Waals surface area contributed by atoms with Gasteiger partial charge in [-0.25, -0.2) is 4.79 Å². The number of hydrogen-bond acceptors (Lipinski definition) is 2. The summed E-state index contributed by atoms with van der Waals surface area (Å²) < 4.78 is 0. The molecule has 4 heteroatoms. The molecule has 0 saturated heterocycles. The van der Waals surface area contributed by atoms with Crippen molar-refractivity contribution in [3.05, 3.63) is 29.8 Å².